The molecule has 0 spiro atoms. The molecule has 0 radical (unpaired) electrons. The van der Waals surface area contributed by atoms with Crippen molar-refractivity contribution in [3.8, 4) is 0 Å². The highest BCUT2D eigenvalue weighted by Crippen LogP contribution is 2.21. The molecular formula is C11H17NO2. The van der Waals surface area contributed by atoms with Gasteiger partial charge in [-0.05, 0) is 11.5 Å². The van der Waals surface area contributed by atoms with E-state index in [0.29, 0.717) is 12.0 Å². The Morgan fingerprint density at radius 1 is 1.43 bits per heavy atom. The highest BCUT2D eigenvalue weighted by atomic mass is 16.4. The van der Waals surface area contributed by atoms with Gasteiger partial charge in [0, 0.05) is 19.7 Å². The van der Waals surface area contributed by atoms with Crippen LogP contribution in [-0.2, 0) is 0 Å². The minimum atomic E-state index is 0.211. The van der Waals surface area contributed by atoms with E-state index in [-0.39, 0.29) is 5.41 Å². The highest BCUT2D eigenvalue weighted by molar-refractivity contribution is 5.71. The molecule has 0 saturated carbocycles. The normalized spacial score (nSPS) is 11.4. The van der Waals surface area contributed by atoms with Gasteiger partial charge in [-0.3, -0.25) is 4.79 Å². The largest absolute Gasteiger partial charge is 0.438 e. The number of carbonyl (C=O) groups is 1. The number of hydrogen-bond donors (Lipinski definition) is 0. The lowest BCUT2D eigenvalue weighted by Crippen LogP contribution is -2.28. The van der Waals surface area contributed by atoms with Crippen molar-refractivity contribution in [1.29, 1.82) is 0 Å². The molecule has 0 fully saturated rings. The fourth-order valence-electron chi connectivity index (χ4n) is 1.40. The smallest absolute Gasteiger partial charge is 0.196 e. The predicted octanol–water partition coefficient (Wildman–Crippen LogP) is 2.57. The van der Waals surface area contributed by atoms with Crippen LogP contribution in [0.1, 0.15) is 31.3 Å². The first-order chi connectivity index (χ1) is 6.42. The van der Waals surface area contributed by atoms with Crippen LogP contribution in [-0.4, -0.2) is 19.9 Å². The lowest BCUT2D eigenvalue weighted by atomic mass is 9.96. The fourth-order valence-corrected chi connectivity index (χ4v) is 1.40. The third-order valence-corrected chi connectivity index (χ3v) is 1.82. The van der Waals surface area contributed by atoms with Crippen molar-refractivity contribution in [2.24, 2.45) is 5.41 Å². The molecule has 1 heterocycles. The zero-order chi connectivity index (χ0) is 10.8. The third-order valence-electron chi connectivity index (χ3n) is 1.82. The molecule has 0 aromatic carbocycles. The molecule has 78 valence electrons. The van der Waals surface area contributed by atoms with Crippen LogP contribution >= 0.6 is 0 Å². The van der Waals surface area contributed by atoms with Crippen molar-refractivity contribution in [2.75, 3.05) is 18.5 Å². The Labute approximate surface area is 84.7 Å². The van der Waals surface area contributed by atoms with Crippen LogP contribution in [0.15, 0.2) is 16.5 Å². The maximum absolute atomic E-state index is 10.4. The highest BCUT2D eigenvalue weighted by Gasteiger charge is 2.15. The van der Waals surface area contributed by atoms with Crippen LogP contribution < -0.4 is 4.90 Å². The van der Waals surface area contributed by atoms with E-state index in [0.717, 1.165) is 12.4 Å². The molecule has 14 heavy (non-hydrogen) atoms. The summed E-state index contributed by atoms with van der Waals surface area (Å²) in [5, 5.41) is 0. The summed E-state index contributed by atoms with van der Waals surface area (Å²) in [6.45, 7) is 7.37. The van der Waals surface area contributed by atoms with Crippen molar-refractivity contribution in [3.63, 3.8) is 0 Å². The fraction of sp³-hybridized carbons (Fsp3) is 0.545. The first-order valence-corrected chi connectivity index (χ1v) is 4.68. The number of carbonyl (C=O) groups excluding carboxylic acids is 1. The summed E-state index contributed by atoms with van der Waals surface area (Å²) in [7, 11) is 1.96. The molecule has 0 saturated heterocycles. The van der Waals surface area contributed by atoms with Crippen LogP contribution in [0.2, 0.25) is 0 Å². The SMILES string of the molecule is CN(CC(C)(C)C)c1ccc(C=O)o1. The van der Waals surface area contributed by atoms with Crippen LogP contribution in [0, 0.1) is 5.41 Å². The molecule has 3 nitrogen and oxygen atoms in total. The van der Waals surface area contributed by atoms with E-state index in [9.17, 15) is 4.79 Å². The quantitative estimate of drug-likeness (QED) is 0.695. The maximum Gasteiger partial charge on any atom is 0.196 e. The first-order valence-electron chi connectivity index (χ1n) is 4.68. The van der Waals surface area contributed by atoms with Crippen LogP contribution in [0.3, 0.4) is 0 Å². The summed E-state index contributed by atoms with van der Waals surface area (Å²) >= 11 is 0. The van der Waals surface area contributed by atoms with E-state index in [1.54, 1.807) is 6.07 Å². The van der Waals surface area contributed by atoms with Gasteiger partial charge in [-0.15, -0.1) is 0 Å². The van der Waals surface area contributed by atoms with Crippen LogP contribution in [0.25, 0.3) is 0 Å². The van der Waals surface area contributed by atoms with Gasteiger partial charge < -0.3 is 9.32 Å². The summed E-state index contributed by atoms with van der Waals surface area (Å²) in [4.78, 5) is 12.4. The van der Waals surface area contributed by atoms with Gasteiger partial charge in [-0.2, -0.15) is 0 Å². The number of hydrogen-bond acceptors (Lipinski definition) is 3. The summed E-state index contributed by atoms with van der Waals surface area (Å²) in [5.41, 5.74) is 0.211. The number of furan rings is 1. The molecule has 0 bridgehead atoms. The standard InChI is InChI=1S/C11H17NO2/c1-11(2,3)8-12(4)10-6-5-9(7-13)14-10/h5-7H,8H2,1-4H3. The number of anilines is 1. The van der Waals surface area contributed by atoms with E-state index in [1.807, 2.05) is 18.0 Å². The molecule has 0 aliphatic rings. The number of aldehydes is 1. The zero-order valence-corrected chi connectivity index (χ0v) is 9.20. The maximum atomic E-state index is 10.4. The van der Waals surface area contributed by atoms with E-state index >= 15 is 0 Å². The zero-order valence-electron chi connectivity index (χ0n) is 9.20. The molecule has 1 rings (SSSR count). The summed E-state index contributed by atoms with van der Waals surface area (Å²) in [5.74, 6) is 1.11. The van der Waals surface area contributed by atoms with Gasteiger partial charge in [0.15, 0.2) is 17.9 Å². The number of nitrogens with zero attached hydrogens (tertiary/aromatic N) is 1. The second-order valence-electron chi connectivity index (χ2n) is 4.71. The predicted molar refractivity (Wildman–Crippen MR) is 56.8 cm³/mol. The van der Waals surface area contributed by atoms with Gasteiger partial charge >= 0.3 is 0 Å². The van der Waals surface area contributed by atoms with Gasteiger partial charge in [-0.25, -0.2) is 0 Å². The van der Waals surface area contributed by atoms with Crippen LogP contribution in [0.4, 0.5) is 5.88 Å². The van der Waals surface area contributed by atoms with Gasteiger partial charge in [0.25, 0.3) is 0 Å². The Balaban J connectivity index is 2.69. The van der Waals surface area contributed by atoms with Crippen molar-refractivity contribution in [3.05, 3.63) is 17.9 Å². The third kappa shape index (κ3) is 2.91. The second-order valence-corrected chi connectivity index (χ2v) is 4.71. The molecule has 0 unspecified atom stereocenters. The summed E-state index contributed by atoms with van der Waals surface area (Å²) in [6, 6.07) is 3.50. The Morgan fingerprint density at radius 2 is 2.07 bits per heavy atom. The Morgan fingerprint density at radius 3 is 2.50 bits per heavy atom. The number of rotatable bonds is 3. The van der Waals surface area contributed by atoms with E-state index in [1.165, 1.54) is 0 Å². The summed E-state index contributed by atoms with van der Waals surface area (Å²) < 4.78 is 5.30. The first kappa shape index (κ1) is 10.8. The van der Waals surface area contributed by atoms with Gasteiger partial charge in [0.2, 0.25) is 0 Å². The van der Waals surface area contributed by atoms with Crippen LogP contribution in [0.5, 0.6) is 0 Å². The minimum absolute atomic E-state index is 0.211. The van der Waals surface area contributed by atoms with Gasteiger partial charge in [0.05, 0.1) is 0 Å². The van der Waals surface area contributed by atoms with E-state index in [2.05, 4.69) is 20.8 Å². The molecule has 0 N–H and O–H groups in total. The molecule has 0 amide bonds. The van der Waals surface area contributed by atoms with Crippen molar-refractivity contribution >= 4 is 12.2 Å². The average molecular weight is 195 g/mol. The summed E-state index contributed by atoms with van der Waals surface area (Å²) in [6.07, 6.45) is 0.717. The van der Waals surface area contributed by atoms with E-state index < -0.39 is 0 Å². The van der Waals surface area contributed by atoms with Gasteiger partial charge in [0.1, 0.15) is 0 Å². The van der Waals surface area contributed by atoms with Gasteiger partial charge in [-0.1, -0.05) is 20.8 Å². The lowest BCUT2D eigenvalue weighted by molar-refractivity contribution is 0.110. The lowest BCUT2D eigenvalue weighted by Gasteiger charge is -2.26. The topological polar surface area (TPSA) is 33.5 Å². The molecule has 0 atom stereocenters. The molecule has 0 aliphatic carbocycles. The molecule has 1 aromatic heterocycles. The minimum Gasteiger partial charge on any atom is -0.438 e. The molecule has 1 aromatic rings. The molecular weight excluding hydrogens is 178 g/mol. The van der Waals surface area contributed by atoms with Crippen molar-refractivity contribution in [1.82, 2.24) is 0 Å². The molecule has 3 heteroatoms. The Hall–Kier alpha value is -1.25. The van der Waals surface area contributed by atoms with E-state index in [4.69, 9.17) is 4.42 Å². The average Bonchev–Trinajstić information content (AvgIpc) is 2.48. The Bertz CT molecular complexity index is 309. The Kier molecular flexibility index (Phi) is 2.99. The van der Waals surface area contributed by atoms with Crippen molar-refractivity contribution in [2.45, 2.75) is 20.8 Å². The monoisotopic (exact) mass is 195 g/mol. The molecule has 0 aliphatic heterocycles. The van der Waals surface area contributed by atoms with Crippen molar-refractivity contribution < 1.29 is 9.21 Å². The second kappa shape index (κ2) is 3.86.